The molecule has 4 aromatic carbocycles. The molecule has 0 aliphatic heterocycles. The molecular formula is C24H18N4O4. The van der Waals surface area contributed by atoms with Crippen molar-refractivity contribution in [2.75, 3.05) is 0 Å². The molecule has 4 rings (SSSR count). The average molecular weight is 426 g/mol. The maximum atomic E-state index is 12.8. The third-order valence-corrected chi connectivity index (χ3v) is 5.10. The van der Waals surface area contributed by atoms with Crippen LogP contribution in [0.15, 0.2) is 84.9 Å². The first-order valence-corrected chi connectivity index (χ1v) is 9.62. The van der Waals surface area contributed by atoms with Gasteiger partial charge in [-0.05, 0) is 33.7 Å². The Morgan fingerprint density at radius 2 is 0.844 bits per heavy atom. The summed E-state index contributed by atoms with van der Waals surface area (Å²) in [6.07, 6.45) is 0. The van der Waals surface area contributed by atoms with Gasteiger partial charge in [-0.3, -0.25) is 19.2 Å². The van der Waals surface area contributed by atoms with Crippen LogP contribution >= 0.6 is 0 Å². The summed E-state index contributed by atoms with van der Waals surface area (Å²) in [6, 6.07) is 23.9. The number of nitrogens with zero attached hydrogens (tertiary/aromatic N) is 2. The van der Waals surface area contributed by atoms with Crippen LogP contribution in [0.1, 0.15) is 20.7 Å². The van der Waals surface area contributed by atoms with Gasteiger partial charge >= 0.3 is 11.8 Å². The molecule has 0 bridgehead atoms. The van der Waals surface area contributed by atoms with E-state index in [1.54, 1.807) is 72.8 Å². The summed E-state index contributed by atoms with van der Waals surface area (Å²) in [6.45, 7) is 0. The van der Waals surface area contributed by atoms with Gasteiger partial charge < -0.3 is 0 Å². The van der Waals surface area contributed by atoms with Gasteiger partial charge in [0, 0.05) is 11.1 Å². The van der Waals surface area contributed by atoms with Crippen molar-refractivity contribution < 1.29 is 19.2 Å². The van der Waals surface area contributed by atoms with E-state index in [2.05, 4.69) is 0 Å². The molecule has 0 fully saturated rings. The highest BCUT2D eigenvalue weighted by Gasteiger charge is 2.33. The van der Waals surface area contributed by atoms with Crippen molar-refractivity contribution in [1.82, 2.24) is 10.0 Å². The first-order chi connectivity index (χ1) is 15.4. The number of imide groups is 2. The van der Waals surface area contributed by atoms with Crippen molar-refractivity contribution in [2.45, 2.75) is 0 Å². The SMILES string of the molecule is NN(C(=O)C(=O)N(N)C(=O)c1cccc2ccccc12)C(=O)c1cccc2ccccc12. The molecule has 0 radical (unpaired) electrons. The summed E-state index contributed by atoms with van der Waals surface area (Å²) in [4.78, 5) is 50.8. The summed E-state index contributed by atoms with van der Waals surface area (Å²) in [5.74, 6) is 6.69. The smallest absolute Gasteiger partial charge is 0.267 e. The largest absolute Gasteiger partial charge is 0.335 e. The van der Waals surface area contributed by atoms with E-state index in [1.165, 1.54) is 12.1 Å². The maximum Gasteiger partial charge on any atom is 0.335 e. The predicted octanol–water partition coefficient (Wildman–Crippen LogP) is 2.38. The minimum atomic E-state index is -1.43. The Morgan fingerprint density at radius 3 is 1.25 bits per heavy atom. The van der Waals surface area contributed by atoms with E-state index in [9.17, 15) is 19.2 Å². The van der Waals surface area contributed by atoms with Crippen LogP contribution in [0.4, 0.5) is 0 Å². The molecule has 4 amide bonds. The van der Waals surface area contributed by atoms with E-state index >= 15 is 0 Å². The third kappa shape index (κ3) is 3.60. The highest BCUT2D eigenvalue weighted by molar-refractivity contribution is 6.41. The van der Waals surface area contributed by atoms with Crippen LogP contribution in [0.5, 0.6) is 0 Å². The van der Waals surface area contributed by atoms with Gasteiger partial charge in [0.05, 0.1) is 0 Å². The number of hydrogen-bond donors (Lipinski definition) is 2. The molecule has 8 heteroatoms. The zero-order valence-electron chi connectivity index (χ0n) is 16.8. The number of rotatable bonds is 2. The van der Waals surface area contributed by atoms with Gasteiger partial charge in [-0.1, -0.05) is 72.8 Å². The fourth-order valence-electron chi connectivity index (χ4n) is 3.47. The molecule has 0 aliphatic carbocycles. The van der Waals surface area contributed by atoms with Crippen LogP contribution in [0.2, 0.25) is 0 Å². The number of amides is 4. The second-order valence-corrected chi connectivity index (χ2v) is 7.01. The second kappa shape index (κ2) is 8.38. The summed E-state index contributed by atoms with van der Waals surface area (Å²) in [7, 11) is 0. The highest BCUT2D eigenvalue weighted by atomic mass is 16.2. The van der Waals surface area contributed by atoms with E-state index in [0.29, 0.717) is 10.8 Å². The molecule has 4 N–H and O–H groups in total. The fourth-order valence-corrected chi connectivity index (χ4v) is 3.47. The quantitative estimate of drug-likeness (QED) is 0.219. The van der Waals surface area contributed by atoms with Crippen LogP contribution in [0.25, 0.3) is 21.5 Å². The molecular weight excluding hydrogens is 408 g/mol. The van der Waals surface area contributed by atoms with Crippen molar-refractivity contribution in [3.8, 4) is 0 Å². The Morgan fingerprint density at radius 1 is 0.500 bits per heavy atom. The van der Waals surface area contributed by atoms with Crippen molar-refractivity contribution in [3.63, 3.8) is 0 Å². The molecule has 8 nitrogen and oxygen atoms in total. The standard InChI is InChI=1S/C24H18N4O4/c25-27(21(29)19-13-5-9-15-7-1-3-11-17(15)19)23(31)24(32)28(26)22(30)20-14-6-10-16-8-2-4-12-18(16)20/h1-14H,25-26H2. The third-order valence-electron chi connectivity index (χ3n) is 5.10. The highest BCUT2D eigenvalue weighted by Crippen LogP contribution is 2.21. The zero-order valence-corrected chi connectivity index (χ0v) is 16.8. The number of fused-ring (bicyclic) bond motifs is 2. The number of hydrazine groups is 2. The molecule has 0 atom stereocenters. The van der Waals surface area contributed by atoms with Crippen LogP contribution < -0.4 is 11.7 Å². The van der Waals surface area contributed by atoms with Crippen molar-refractivity contribution >= 4 is 45.2 Å². The van der Waals surface area contributed by atoms with E-state index in [1.807, 2.05) is 0 Å². The predicted molar refractivity (Wildman–Crippen MR) is 119 cm³/mol. The van der Waals surface area contributed by atoms with Crippen molar-refractivity contribution in [3.05, 3.63) is 96.1 Å². The second-order valence-electron chi connectivity index (χ2n) is 7.01. The lowest BCUT2D eigenvalue weighted by molar-refractivity contribution is -0.149. The molecule has 0 heterocycles. The van der Waals surface area contributed by atoms with E-state index < -0.39 is 23.6 Å². The molecule has 32 heavy (non-hydrogen) atoms. The molecule has 0 aromatic heterocycles. The number of hydrogen-bond acceptors (Lipinski definition) is 6. The lowest BCUT2D eigenvalue weighted by Crippen LogP contribution is -2.54. The lowest BCUT2D eigenvalue weighted by atomic mass is 10.0. The Labute approximate surface area is 182 Å². The number of carbonyl (C=O) groups is 4. The fraction of sp³-hybridized carbons (Fsp3) is 0. The van der Waals surface area contributed by atoms with E-state index in [4.69, 9.17) is 11.7 Å². The topological polar surface area (TPSA) is 127 Å². The van der Waals surface area contributed by atoms with Gasteiger partial charge in [-0.15, -0.1) is 0 Å². The first kappa shape index (κ1) is 20.9. The summed E-state index contributed by atoms with van der Waals surface area (Å²) in [5, 5.41) is 2.98. The minimum Gasteiger partial charge on any atom is -0.267 e. The Hall–Kier alpha value is -4.40. The number of nitrogens with two attached hydrogens (primary N) is 2. The van der Waals surface area contributed by atoms with Crippen LogP contribution in [-0.2, 0) is 9.59 Å². The zero-order chi connectivity index (χ0) is 22.8. The van der Waals surface area contributed by atoms with Gasteiger partial charge in [0.25, 0.3) is 11.8 Å². The van der Waals surface area contributed by atoms with Gasteiger partial charge in [0.1, 0.15) is 0 Å². The average Bonchev–Trinajstić information content (AvgIpc) is 2.85. The number of carbonyl (C=O) groups excluding carboxylic acids is 4. The summed E-state index contributed by atoms with van der Waals surface area (Å²) in [5.41, 5.74) is 0.270. The van der Waals surface area contributed by atoms with Gasteiger partial charge in [0.2, 0.25) is 0 Å². The van der Waals surface area contributed by atoms with Gasteiger partial charge in [-0.2, -0.15) is 0 Å². The molecule has 4 aromatic rings. The Balaban J connectivity index is 1.59. The van der Waals surface area contributed by atoms with Crippen molar-refractivity contribution in [2.24, 2.45) is 11.7 Å². The first-order valence-electron chi connectivity index (χ1n) is 9.62. The lowest BCUT2D eigenvalue weighted by Gasteiger charge is -2.19. The van der Waals surface area contributed by atoms with Crippen LogP contribution in [0.3, 0.4) is 0 Å². The normalized spacial score (nSPS) is 10.7. The van der Waals surface area contributed by atoms with E-state index in [0.717, 1.165) is 10.8 Å². The summed E-state index contributed by atoms with van der Waals surface area (Å²) < 4.78 is 0. The molecule has 0 unspecified atom stereocenters. The monoisotopic (exact) mass is 426 g/mol. The van der Waals surface area contributed by atoms with Crippen molar-refractivity contribution in [1.29, 1.82) is 0 Å². The van der Waals surface area contributed by atoms with Gasteiger partial charge in [0.15, 0.2) is 0 Å². The Kier molecular flexibility index (Phi) is 5.46. The minimum absolute atomic E-state index is 0.135. The Bertz CT molecular complexity index is 1280. The van der Waals surface area contributed by atoms with E-state index in [-0.39, 0.29) is 21.1 Å². The molecule has 0 saturated heterocycles. The molecule has 0 spiro atoms. The maximum absolute atomic E-state index is 12.8. The number of benzene rings is 4. The molecule has 0 aliphatic rings. The van der Waals surface area contributed by atoms with Crippen LogP contribution in [0, 0.1) is 0 Å². The summed E-state index contributed by atoms with van der Waals surface area (Å²) >= 11 is 0. The van der Waals surface area contributed by atoms with Crippen LogP contribution in [-0.4, -0.2) is 33.6 Å². The van der Waals surface area contributed by atoms with Gasteiger partial charge in [-0.25, -0.2) is 21.7 Å². The molecule has 0 saturated carbocycles. The molecule has 158 valence electrons.